The van der Waals surface area contributed by atoms with Crippen molar-refractivity contribution in [2.45, 2.75) is 13.8 Å². The number of aryl methyl sites for hydroxylation is 2. The minimum absolute atomic E-state index is 1.09. The van der Waals surface area contributed by atoms with Gasteiger partial charge in [-0.25, -0.2) is 9.13 Å². The highest BCUT2D eigenvalue weighted by Crippen LogP contribution is 2.33. The molecule has 0 saturated heterocycles. The summed E-state index contributed by atoms with van der Waals surface area (Å²) >= 11 is 0. The van der Waals surface area contributed by atoms with Crippen LogP contribution in [0.1, 0.15) is 11.1 Å². The summed E-state index contributed by atoms with van der Waals surface area (Å²) in [6.07, 6.45) is 0. The van der Waals surface area contributed by atoms with Gasteiger partial charge in [-0.3, -0.25) is 0 Å². The normalized spacial score (nSPS) is 10.9. The van der Waals surface area contributed by atoms with Crippen LogP contribution < -0.4 is 14.0 Å². The Hall–Kier alpha value is -4.24. The molecule has 0 radical (unpaired) electrons. The summed E-state index contributed by atoms with van der Waals surface area (Å²) in [7, 11) is 4.30. The van der Waals surface area contributed by atoms with Crippen LogP contribution in [0.15, 0.2) is 115 Å². The third-order valence-corrected chi connectivity index (χ3v) is 6.72. The highest BCUT2D eigenvalue weighted by atomic mass is 15.3. The molecule has 0 aliphatic heterocycles. The van der Waals surface area contributed by atoms with Crippen molar-refractivity contribution < 1.29 is 9.13 Å². The molecule has 0 aliphatic carbocycles. The number of aromatic nitrogens is 2. The molecule has 0 saturated carbocycles. The Morgan fingerprint density at radius 1 is 0.457 bits per heavy atom. The van der Waals surface area contributed by atoms with E-state index in [1.807, 2.05) is 0 Å². The van der Waals surface area contributed by atoms with Gasteiger partial charge in [0.15, 0.2) is 0 Å². The summed E-state index contributed by atoms with van der Waals surface area (Å²) in [6.45, 7) is 4.34. The standard InChI is InChI=1S/C32H31N3/c1-24-14-8-10-18-27(24)29-20-12-22-31(33(29)3)35(26-16-6-5-7-17-26)32-23-13-21-30(34(32)4)28-19-11-9-15-25(28)2/h5-23H,1-4H3/q+2. The van der Waals surface area contributed by atoms with E-state index in [1.54, 1.807) is 0 Å². The lowest BCUT2D eigenvalue weighted by Gasteiger charge is -2.21. The van der Waals surface area contributed by atoms with Crippen LogP contribution in [0.2, 0.25) is 0 Å². The fraction of sp³-hybridized carbons (Fsp3) is 0.125. The fourth-order valence-corrected chi connectivity index (χ4v) is 4.81. The van der Waals surface area contributed by atoms with Crippen LogP contribution in [0.4, 0.5) is 17.3 Å². The van der Waals surface area contributed by atoms with E-state index in [1.165, 1.54) is 33.6 Å². The van der Waals surface area contributed by atoms with E-state index in [-0.39, 0.29) is 0 Å². The van der Waals surface area contributed by atoms with Gasteiger partial charge in [0.25, 0.3) is 11.6 Å². The van der Waals surface area contributed by atoms with E-state index in [4.69, 9.17) is 0 Å². The Bertz CT molecular complexity index is 1390. The first-order valence-corrected chi connectivity index (χ1v) is 12.0. The fourth-order valence-electron chi connectivity index (χ4n) is 4.81. The van der Waals surface area contributed by atoms with Gasteiger partial charge < -0.3 is 0 Å². The molecule has 0 amide bonds. The van der Waals surface area contributed by atoms with Crippen molar-refractivity contribution >= 4 is 17.3 Å². The number of anilines is 3. The molecule has 2 aromatic heterocycles. The van der Waals surface area contributed by atoms with Crippen LogP contribution in [0.3, 0.4) is 0 Å². The Morgan fingerprint density at radius 3 is 1.34 bits per heavy atom. The van der Waals surface area contributed by atoms with E-state index in [0.717, 1.165) is 17.3 Å². The first-order chi connectivity index (χ1) is 17.1. The number of nitrogens with zero attached hydrogens (tertiary/aromatic N) is 3. The molecule has 0 spiro atoms. The molecule has 5 aromatic rings. The van der Waals surface area contributed by atoms with Gasteiger partial charge >= 0.3 is 0 Å². The Kier molecular flexibility index (Phi) is 6.15. The minimum atomic E-state index is 1.09. The smallest absolute Gasteiger partial charge is 0.229 e. The second-order valence-electron chi connectivity index (χ2n) is 8.96. The second-order valence-corrected chi connectivity index (χ2v) is 8.96. The third-order valence-electron chi connectivity index (χ3n) is 6.72. The lowest BCUT2D eigenvalue weighted by Crippen LogP contribution is -2.43. The molecule has 2 heterocycles. The van der Waals surface area contributed by atoms with Crippen molar-refractivity contribution in [2.75, 3.05) is 4.90 Å². The van der Waals surface area contributed by atoms with Crippen LogP contribution in [-0.2, 0) is 14.1 Å². The minimum Gasteiger partial charge on any atom is -0.229 e. The molecular formula is C32H31N3+2. The third kappa shape index (κ3) is 4.22. The molecular weight excluding hydrogens is 426 g/mol. The predicted octanol–water partition coefficient (Wildman–Crippen LogP) is 6.76. The average Bonchev–Trinajstić information content (AvgIpc) is 2.88. The maximum absolute atomic E-state index is 2.34. The van der Waals surface area contributed by atoms with Crippen molar-refractivity contribution in [2.24, 2.45) is 14.1 Å². The summed E-state index contributed by atoms with van der Waals surface area (Å²) in [6, 6.07) is 40.8. The quantitative estimate of drug-likeness (QED) is 0.265. The van der Waals surface area contributed by atoms with Gasteiger partial charge in [0.1, 0.15) is 17.1 Å². The van der Waals surface area contributed by atoms with Crippen LogP contribution in [0, 0.1) is 13.8 Å². The number of hydrogen-bond acceptors (Lipinski definition) is 1. The van der Waals surface area contributed by atoms with E-state index in [2.05, 4.69) is 157 Å². The van der Waals surface area contributed by atoms with Gasteiger partial charge in [0.2, 0.25) is 0 Å². The summed E-state index contributed by atoms with van der Waals surface area (Å²) in [5.74, 6) is 2.18. The number of pyridine rings is 2. The van der Waals surface area contributed by atoms with Gasteiger partial charge in [0, 0.05) is 23.3 Å². The average molecular weight is 458 g/mol. The van der Waals surface area contributed by atoms with Gasteiger partial charge in [-0.1, -0.05) is 66.7 Å². The van der Waals surface area contributed by atoms with Crippen molar-refractivity contribution in [3.05, 3.63) is 126 Å². The topological polar surface area (TPSA) is 11.0 Å². The molecule has 0 aliphatic rings. The molecule has 5 rings (SSSR count). The Balaban J connectivity index is 1.74. The SMILES string of the molecule is Cc1ccccc1-c1cccc(N(c2ccccc2)c2cccc(-c3ccccc3C)[n+]2C)[n+]1C. The first kappa shape index (κ1) is 22.5. The van der Waals surface area contributed by atoms with Crippen molar-refractivity contribution in [1.82, 2.24) is 0 Å². The van der Waals surface area contributed by atoms with Gasteiger partial charge in [-0.2, -0.15) is 4.90 Å². The molecule has 0 bridgehead atoms. The molecule has 0 fully saturated rings. The van der Waals surface area contributed by atoms with Crippen LogP contribution in [0.25, 0.3) is 22.5 Å². The van der Waals surface area contributed by atoms with Crippen LogP contribution in [-0.4, -0.2) is 0 Å². The van der Waals surface area contributed by atoms with E-state index in [9.17, 15) is 0 Å². The van der Waals surface area contributed by atoms with Gasteiger partial charge in [-0.15, -0.1) is 0 Å². The monoisotopic (exact) mass is 457 g/mol. The Morgan fingerprint density at radius 2 is 0.886 bits per heavy atom. The highest BCUT2D eigenvalue weighted by Gasteiger charge is 2.30. The summed E-state index contributed by atoms with van der Waals surface area (Å²) in [5, 5.41) is 0. The van der Waals surface area contributed by atoms with Crippen molar-refractivity contribution in [3.63, 3.8) is 0 Å². The molecule has 172 valence electrons. The molecule has 0 N–H and O–H groups in total. The number of para-hydroxylation sites is 1. The number of benzene rings is 3. The van der Waals surface area contributed by atoms with E-state index >= 15 is 0 Å². The largest absolute Gasteiger partial charge is 0.290 e. The highest BCUT2D eigenvalue weighted by molar-refractivity contribution is 5.71. The van der Waals surface area contributed by atoms with Gasteiger partial charge in [0.05, 0.1) is 14.1 Å². The lowest BCUT2D eigenvalue weighted by atomic mass is 10.0. The molecule has 0 atom stereocenters. The second kappa shape index (κ2) is 9.55. The maximum Gasteiger partial charge on any atom is 0.290 e. The lowest BCUT2D eigenvalue weighted by molar-refractivity contribution is -0.656. The zero-order valence-corrected chi connectivity index (χ0v) is 20.8. The summed E-state index contributed by atoms with van der Waals surface area (Å²) in [5.41, 5.74) is 8.48. The zero-order chi connectivity index (χ0) is 24.4. The van der Waals surface area contributed by atoms with Crippen LogP contribution in [0.5, 0.6) is 0 Å². The summed E-state index contributed by atoms with van der Waals surface area (Å²) in [4.78, 5) is 2.34. The molecule has 3 aromatic carbocycles. The van der Waals surface area contributed by atoms with Crippen molar-refractivity contribution in [3.8, 4) is 22.5 Å². The Labute approximate surface area is 208 Å². The van der Waals surface area contributed by atoms with Crippen LogP contribution >= 0.6 is 0 Å². The summed E-state index contributed by atoms with van der Waals surface area (Å²) < 4.78 is 4.57. The molecule has 3 nitrogen and oxygen atoms in total. The zero-order valence-electron chi connectivity index (χ0n) is 20.8. The molecule has 35 heavy (non-hydrogen) atoms. The predicted molar refractivity (Wildman–Crippen MR) is 144 cm³/mol. The van der Waals surface area contributed by atoms with Gasteiger partial charge in [-0.05, 0) is 61.4 Å². The molecule has 3 heteroatoms. The van der Waals surface area contributed by atoms with E-state index in [0.29, 0.717) is 0 Å². The number of rotatable bonds is 5. The molecule has 0 unspecified atom stereocenters. The van der Waals surface area contributed by atoms with Crippen molar-refractivity contribution in [1.29, 1.82) is 0 Å². The first-order valence-electron chi connectivity index (χ1n) is 12.0. The van der Waals surface area contributed by atoms with E-state index < -0.39 is 0 Å². The number of hydrogen-bond donors (Lipinski definition) is 0. The maximum atomic E-state index is 2.34.